The number of aryl methyl sites for hydroxylation is 2. The summed E-state index contributed by atoms with van der Waals surface area (Å²) >= 11 is 0. The van der Waals surface area contributed by atoms with Crippen LogP contribution in [0.4, 0.5) is 5.69 Å². The lowest BCUT2D eigenvalue weighted by Gasteiger charge is -2.11. The summed E-state index contributed by atoms with van der Waals surface area (Å²) in [5.41, 5.74) is 2.56. The molecule has 3 aromatic heterocycles. The topological polar surface area (TPSA) is 86.9 Å². The van der Waals surface area contributed by atoms with Crippen LogP contribution in [0, 0.1) is 6.92 Å². The number of benzene rings is 1. The van der Waals surface area contributed by atoms with Crippen molar-refractivity contribution in [1.29, 1.82) is 0 Å². The highest BCUT2D eigenvalue weighted by Crippen LogP contribution is 2.30. The summed E-state index contributed by atoms with van der Waals surface area (Å²) in [5, 5.41) is 3.21. The van der Waals surface area contributed by atoms with Crippen molar-refractivity contribution in [3.63, 3.8) is 0 Å². The third-order valence-electron chi connectivity index (χ3n) is 4.90. The molecule has 0 bridgehead atoms. The molecule has 148 valence electrons. The van der Waals surface area contributed by atoms with Crippen molar-refractivity contribution < 1.29 is 14.3 Å². The number of rotatable bonds is 4. The molecule has 4 rings (SSSR count). The standard InChI is InChI=1S/C21H20N4O4/c1-12-6-5-9-25-18(12)23-19-14(21(25)27)11-15(24(19)2)20(26)22-13-7-8-16(28-3)17(10-13)29-4/h5-11H,1-4H3,(H,22,26). The first-order valence-electron chi connectivity index (χ1n) is 8.95. The molecular weight excluding hydrogens is 372 g/mol. The Bertz CT molecular complexity index is 1320. The van der Waals surface area contributed by atoms with Gasteiger partial charge in [0, 0.05) is 25.0 Å². The smallest absolute Gasteiger partial charge is 0.272 e. The van der Waals surface area contributed by atoms with E-state index in [0.29, 0.717) is 39.6 Å². The van der Waals surface area contributed by atoms with Gasteiger partial charge in [-0.15, -0.1) is 0 Å². The lowest BCUT2D eigenvalue weighted by molar-refractivity contribution is 0.101. The number of carbonyl (C=O) groups is 1. The first-order chi connectivity index (χ1) is 13.9. The van der Waals surface area contributed by atoms with Gasteiger partial charge in [0.15, 0.2) is 11.5 Å². The number of hydrogen-bond acceptors (Lipinski definition) is 5. The fourth-order valence-electron chi connectivity index (χ4n) is 3.36. The van der Waals surface area contributed by atoms with Crippen LogP contribution in [0.3, 0.4) is 0 Å². The van der Waals surface area contributed by atoms with Gasteiger partial charge < -0.3 is 19.4 Å². The van der Waals surface area contributed by atoms with Crippen molar-refractivity contribution in [2.24, 2.45) is 7.05 Å². The molecule has 8 heteroatoms. The maximum absolute atomic E-state index is 12.9. The third-order valence-corrected chi connectivity index (χ3v) is 4.90. The molecule has 8 nitrogen and oxygen atoms in total. The summed E-state index contributed by atoms with van der Waals surface area (Å²) in [7, 11) is 4.79. The Kier molecular flexibility index (Phi) is 4.46. The summed E-state index contributed by atoms with van der Waals surface area (Å²) < 4.78 is 13.6. The molecular formula is C21H20N4O4. The van der Waals surface area contributed by atoms with E-state index >= 15 is 0 Å². The first-order valence-corrected chi connectivity index (χ1v) is 8.95. The zero-order valence-corrected chi connectivity index (χ0v) is 16.5. The zero-order valence-electron chi connectivity index (χ0n) is 16.5. The van der Waals surface area contributed by atoms with Crippen molar-refractivity contribution in [2.75, 3.05) is 19.5 Å². The quantitative estimate of drug-likeness (QED) is 0.577. The molecule has 0 atom stereocenters. The molecule has 1 N–H and O–H groups in total. The molecule has 0 saturated heterocycles. The molecule has 1 amide bonds. The average molecular weight is 392 g/mol. The predicted octanol–water partition coefficient (Wildman–Crippen LogP) is 2.76. The molecule has 29 heavy (non-hydrogen) atoms. The number of nitrogens with one attached hydrogen (secondary N) is 1. The van der Waals surface area contributed by atoms with Crippen LogP contribution in [0.25, 0.3) is 16.7 Å². The molecule has 0 radical (unpaired) electrons. The summed E-state index contributed by atoms with van der Waals surface area (Å²) in [6.45, 7) is 1.89. The molecule has 0 aliphatic rings. The van der Waals surface area contributed by atoms with Gasteiger partial charge in [-0.1, -0.05) is 6.07 Å². The van der Waals surface area contributed by atoms with E-state index in [1.54, 1.807) is 55.3 Å². The van der Waals surface area contributed by atoms with Crippen LogP contribution in [0.1, 0.15) is 16.1 Å². The highest BCUT2D eigenvalue weighted by atomic mass is 16.5. The minimum Gasteiger partial charge on any atom is -0.493 e. The van der Waals surface area contributed by atoms with E-state index in [0.717, 1.165) is 5.56 Å². The second-order valence-corrected chi connectivity index (χ2v) is 6.65. The predicted molar refractivity (Wildman–Crippen MR) is 110 cm³/mol. The van der Waals surface area contributed by atoms with Gasteiger partial charge in [-0.2, -0.15) is 0 Å². The van der Waals surface area contributed by atoms with Gasteiger partial charge in [0.05, 0.1) is 19.6 Å². The van der Waals surface area contributed by atoms with Gasteiger partial charge in [0.2, 0.25) is 0 Å². The van der Waals surface area contributed by atoms with Gasteiger partial charge in [-0.3, -0.25) is 14.0 Å². The summed E-state index contributed by atoms with van der Waals surface area (Å²) in [5.74, 6) is 0.710. The monoisotopic (exact) mass is 392 g/mol. The van der Waals surface area contributed by atoms with Crippen LogP contribution in [0.5, 0.6) is 11.5 Å². The molecule has 0 unspecified atom stereocenters. The Morgan fingerprint density at radius 3 is 2.55 bits per heavy atom. The van der Waals surface area contributed by atoms with Crippen LogP contribution in [0.2, 0.25) is 0 Å². The molecule has 0 aliphatic heterocycles. The Labute approximate surface area is 166 Å². The first kappa shape index (κ1) is 18.5. The third kappa shape index (κ3) is 2.98. The second-order valence-electron chi connectivity index (χ2n) is 6.65. The zero-order chi connectivity index (χ0) is 20.7. The Balaban J connectivity index is 1.78. The molecule has 0 aliphatic carbocycles. The lowest BCUT2D eigenvalue weighted by Crippen LogP contribution is -2.16. The molecule has 0 spiro atoms. The van der Waals surface area contributed by atoms with Gasteiger partial charge >= 0.3 is 0 Å². The number of aromatic nitrogens is 3. The largest absolute Gasteiger partial charge is 0.493 e. The normalized spacial score (nSPS) is 11.0. The number of carbonyl (C=O) groups excluding carboxylic acids is 1. The van der Waals surface area contributed by atoms with Crippen LogP contribution in [-0.4, -0.2) is 34.1 Å². The van der Waals surface area contributed by atoms with Gasteiger partial charge in [-0.05, 0) is 36.8 Å². The maximum Gasteiger partial charge on any atom is 0.272 e. The van der Waals surface area contributed by atoms with Gasteiger partial charge in [0.1, 0.15) is 17.0 Å². The summed E-state index contributed by atoms with van der Waals surface area (Å²) in [6, 6.07) is 10.3. The van der Waals surface area contributed by atoms with Crippen LogP contribution < -0.4 is 20.3 Å². The SMILES string of the molecule is COc1ccc(NC(=O)c2cc3c(=O)n4cccc(C)c4nc3n2C)cc1OC. The molecule has 0 fully saturated rings. The average Bonchev–Trinajstić information content (AvgIpc) is 3.06. The number of fused-ring (bicyclic) bond motifs is 2. The fourth-order valence-corrected chi connectivity index (χ4v) is 3.36. The van der Waals surface area contributed by atoms with Crippen molar-refractivity contribution in [3.8, 4) is 11.5 Å². The fraction of sp³-hybridized carbons (Fsp3) is 0.190. The van der Waals surface area contributed by atoms with Crippen molar-refractivity contribution >= 4 is 28.3 Å². The van der Waals surface area contributed by atoms with Gasteiger partial charge in [0.25, 0.3) is 11.5 Å². The second kappa shape index (κ2) is 6.97. The van der Waals surface area contributed by atoms with E-state index in [1.165, 1.54) is 11.5 Å². The highest BCUT2D eigenvalue weighted by molar-refractivity contribution is 6.06. The Hall–Kier alpha value is -3.81. The van der Waals surface area contributed by atoms with Crippen LogP contribution in [-0.2, 0) is 7.05 Å². The van der Waals surface area contributed by atoms with Crippen molar-refractivity contribution in [3.05, 3.63) is 64.2 Å². The molecule has 0 saturated carbocycles. The van der Waals surface area contributed by atoms with E-state index in [2.05, 4.69) is 10.3 Å². The van der Waals surface area contributed by atoms with Gasteiger partial charge in [-0.25, -0.2) is 4.98 Å². The summed E-state index contributed by atoms with van der Waals surface area (Å²) in [4.78, 5) is 30.4. The molecule has 1 aromatic carbocycles. The number of pyridine rings is 1. The van der Waals surface area contributed by atoms with E-state index < -0.39 is 0 Å². The lowest BCUT2D eigenvalue weighted by atomic mass is 10.2. The van der Waals surface area contributed by atoms with E-state index in [9.17, 15) is 9.59 Å². The minimum absolute atomic E-state index is 0.213. The van der Waals surface area contributed by atoms with Crippen LogP contribution >= 0.6 is 0 Å². The Morgan fingerprint density at radius 1 is 1.07 bits per heavy atom. The summed E-state index contributed by atoms with van der Waals surface area (Å²) in [6.07, 6.45) is 1.67. The van der Waals surface area contributed by atoms with Crippen molar-refractivity contribution in [2.45, 2.75) is 6.92 Å². The van der Waals surface area contributed by atoms with E-state index in [1.807, 2.05) is 13.0 Å². The molecule has 4 aromatic rings. The number of methoxy groups -OCH3 is 2. The Morgan fingerprint density at radius 2 is 1.83 bits per heavy atom. The number of hydrogen-bond donors (Lipinski definition) is 1. The minimum atomic E-state index is -0.358. The number of amides is 1. The highest BCUT2D eigenvalue weighted by Gasteiger charge is 2.18. The number of nitrogens with zero attached hydrogens (tertiary/aromatic N) is 3. The molecule has 3 heterocycles. The van der Waals surface area contributed by atoms with E-state index in [-0.39, 0.29) is 11.5 Å². The van der Waals surface area contributed by atoms with Crippen LogP contribution in [0.15, 0.2) is 47.4 Å². The number of ether oxygens (including phenoxy) is 2. The maximum atomic E-state index is 12.9. The van der Waals surface area contributed by atoms with Crippen molar-refractivity contribution in [1.82, 2.24) is 14.0 Å². The number of anilines is 1. The van der Waals surface area contributed by atoms with E-state index in [4.69, 9.17) is 9.47 Å².